The average Bonchev–Trinajstić information content (AvgIpc) is 2.31. The first-order valence-corrected chi connectivity index (χ1v) is 8.99. The summed E-state index contributed by atoms with van der Waals surface area (Å²) in [5.41, 5.74) is 0.513. The number of hydrogen-bond donors (Lipinski definition) is 0. The Labute approximate surface area is 123 Å². The fraction of sp³-hybridized carbons (Fsp3) is 1.00. The van der Waals surface area contributed by atoms with E-state index in [1.165, 1.54) is 77.0 Å². The van der Waals surface area contributed by atoms with Gasteiger partial charge in [0.1, 0.15) is 0 Å². The van der Waals surface area contributed by atoms with Crippen molar-refractivity contribution in [1.82, 2.24) is 0 Å². The molecule has 0 fully saturated rings. The predicted molar refractivity (Wildman–Crippen MR) is 89.7 cm³/mol. The highest BCUT2D eigenvalue weighted by molar-refractivity contribution is 4.70. The number of rotatable bonds is 12. The van der Waals surface area contributed by atoms with E-state index in [1.807, 2.05) is 0 Å². The first-order valence-electron chi connectivity index (χ1n) is 8.99. The fourth-order valence-corrected chi connectivity index (χ4v) is 3.11. The van der Waals surface area contributed by atoms with Gasteiger partial charge in [-0.15, -0.1) is 0 Å². The zero-order chi connectivity index (χ0) is 14.6. The standard InChI is InChI=1S/C19H40/c1-6-8-10-11-12-14-16-18(15-13-9-7-2)17-19(3,4)5/h18H,6-17H2,1-5H3. The van der Waals surface area contributed by atoms with Crippen molar-refractivity contribution in [3.63, 3.8) is 0 Å². The molecule has 0 bridgehead atoms. The third-order valence-electron chi connectivity index (χ3n) is 4.08. The molecule has 0 saturated carbocycles. The van der Waals surface area contributed by atoms with E-state index in [1.54, 1.807) is 0 Å². The molecule has 19 heavy (non-hydrogen) atoms. The van der Waals surface area contributed by atoms with Crippen LogP contribution in [0, 0.1) is 11.3 Å². The summed E-state index contributed by atoms with van der Waals surface area (Å²) in [5, 5.41) is 0. The highest BCUT2D eigenvalue weighted by Crippen LogP contribution is 2.31. The van der Waals surface area contributed by atoms with Gasteiger partial charge in [-0.25, -0.2) is 0 Å². The van der Waals surface area contributed by atoms with Gasteiger partial charge in [-0.1, -0.05) is 105 Å². The maximum absolute atomic E-state index is 2.40. The molecule has 0 spiro atoms. The molecule has 0 amide bonds. The first kappa shape index (κ1) is 19.0. The van der Waals surface area contributed by atoms with Gasteiger partial charge in [0.25, 0.3) is 0 Å². The van der Waals surface area contributed by atoms with E-state index >= 15 is 0 Å². The molecule has 0 radical (unpaired) electrons. The molecule has 0 aromatic heterocycles. The molecule has 0 aliphatic rings. The van der Waals surface area contributed by atoms with Crippen LogP contribution < -0.4 is 0 Å². The Hall–Kier alpha value is 0. The minimum Gasteiger partial charge on any atom is -0.0654 e. The minimum atomic E-state index is 0.513. The zero-order valence-corrected chi connectivity index (χ0v) is 14.6. The Bertz CT molecular complexity index is 175. The van der Waals surface area contributed by atoms with Crippen molar-refractivity contribution >= 4 is 0 Å². The number of hydrogen-bond acceptors (Lipinski definition) is 0. The van der Waals surface area contributed by atoms with Crippen LogP contribution in [0.2, 0.25) is 0 Å². The molecular weight excluding hydrogens is 228 g/mol. The summed E-state index contributed by atoms with van der Waals surface area (Å²) in [5.74, 6) is 0.984. The van der Waals surface area contributed by atoms with Crippen LogP contribution in [0.5, 0.6) is 0 Å². The minimum absolute atomic E-state index is 0.513. The Morgan fingerprint density at radius 2 is 1.05 bits per heavy atom. The summed E-state index contributed by atoms with van der Waals surface area (Å²) in [4.78, 5) is 0. The smallest absolute Gasteiger partial charge is 0.0380 e. The van der Waals surface area contributed by atoms with E-state index in [9.17, 15) is 0 Å². The van der Waals surface area contributed by atoms with Crippen molar-refractivity contribution in [1.29, 1.82) is 0 Å². The predicted octanol–water partition coefficient (Wildman–Crippen LogP) is 7.37. The van der Waals surface area contributed by atoms with Crippen LogP contribution in [-0.4, -0.2) is 0 Å². The summed E-state index contributed by atoms with van der Waals surface area (Å²) < 4.78 is 0. The normalized spacial score (nSPS) is 13.7. The molecule has 0 aliphatic carbocycles. The van der Waals surface area contributed by atoms with Gasteiger partial charge in [-0.3, -0.25) is 0 Å². The molecule has 0 heterocycles. The SMILES string of the molecule is CCCCCCCCC(CCCCC)CC(C)(C)C. The fourth-order valence-electron chi connectivity index (χ4n) is 3.11. The van der Waals surface area contributed by atoms with Gasteiger partial charge < -0.3 is 0 Å². The average molecular weight is 269 g/mol. The molecule has 0 aromatic rings. The summed E-state index contributed by atoms with van der Waals surface area (Å²) in [6.07, 6.45) is 17.3. The molecule has 0 heteroatoms. The van der Waals surface area contributed by atoms with Crippen LogP contribution in [0.25, 0.3) is 0 Å². The van der Waals surface area contributed by atoms with E-state index in [4.69, 9.17) is 0 Å². The largest absolute Gasteiger partial charge is 0.0654 e. The van der Waals surface area contributed by atoms with Crippen molar-refractivity contribution in [2.24, 2.45) is 11.3 Å². The summed E-state index contributed by atoms with van der Waals surface area (Å²) in [6.45, 7) is 11.8. The Morgan fingerprint density at radius 3 is 1.58 bits per heavy atom. The first-order chi connectivity index (χ1) is 8.99. The van der Waals surface area contributed by atoms with Crippen molar-refractivity contribution in [3.05, 3.63) is 0 Å². The third-order valence-corrected chi connectivity index (χ3v) is 4.08. The van der Waals surface area contributed by atoms with Crippen LogP contribution in [0.1, 0.15) is 112 Å². The van der Waals surface area contributed by atoms with E-state index in [0.29, 0.717) is 5.41 Å². The monoisotopic (exact) mass is 268 g/mol. The summed E-state index contributed by atoms with van der Waals surface area (Å²) >= 11 is 0. The highest BCUT2D eigenvalue weighted by Gasteiger charge is 2.18. The lowest BCUT2D eigenvalue weighted by Crippen LogP contribution is -2.13. The highest BCUT2D eigenvalue weighted by atomic mass is 14.2. The Kier molecular flexibility index (Phi) is 11.8. The summed E-state index contributed by atoms with van der Waals surface area (Å²) in [7, 11) is 0. The van der Waals surface area contributed by atoms with Gasteiger partial charge in [0.15, 0.2) is 0 Å². The van der Waals surface area contributed by atoms with Crippen molar-refractivity contribution < 1.29 is 0 Å². The molecule has 0 N–H and O–H groups in total. The molecule has 0 aliphatic heterocycles. The number of unbranched alkanes of at least 4 members (excludes halogenated alkanes) is 7. The topological polar surface area (TPSA) is 0 Å². The van der Waals surface area contributed by atoms with E-state index in [-0.39, 0.29) is 0 Å². The summed E-state index contributed by atoms with van der Waals surface area (Å²) in [6, 6.07) is 0. The maximum atomic E-state index is 2.40. The molecule has 116 valence electrons. The van der Waals surface area contributed by atoms with Gasteiger partial charge in [0.2, 0.25) is 0 Å². The molecule has 0 nitrogen and oxygen atoms in total. The van der Waals surface area contributed by atoms with Crippen LogP contribution in [-0.2, 0) is 0 Å². The maximum Gasteiger partial charge on any atom is -0.0380 e. The van der Waals surface area contributed by atoms with E-state index < -0.39 is 0 Å². The van der Waals surface area contributed by atoms with Crippen molar-refractivity contribution in [2.75, 3.05) is 0 Å². The van der Waals surface area contributed by atoms with Gasteiger partial charge in [0.05, 0.1) is 0 Å². The van der Waals surface area contributed by atoms with Crippen LogP contribution in [0.4, 0.5) is 0 Å². The van der Waals surface area contributed by atoms with E-state index in [2.05, 4.69) is 34.6 Å². The van der Waals surface area contributed by atoms with E-state index in [0.717, 1.165) is 5.92 Å². The molecule has 1 atom stereocenters. The quantitative estimate of drug-likeness (QED) is 0.324. The Balaban J connectivity index is 3.78. The second-order valence-corrected chi connectivity index (χ2v) is 7.68. The lowest BCUT2D eigenvalue weighted by Gasteiger charge is -2.26. The molecule has 0 rings (SSSR count). The van der Waals surface area contributed by atoms with Crippen molar-refractivity contribution in [3.8, 4) is 0 Å². The molecule has 0 saturated heterocycles. The lowest BCUT2D eigenvalue weighted by atomic mass is 9.80. The molecule has 1 unspecified atom stereocenters. The van der Waals surface area contributed by atoms with Gasteiger partial charge in [-0.05, 0) is 17.8 Å². The van der Waals surface area contributed by atoms with Crippen LogP contribution >= 0.6 is 0 Å². The second-order valence-electron chi connectivity index (χ2n) is 7.68. The molecular formula is C19H40. The van der Waals surface area contributed by atoms with Crippen molar-refractivity contribution in [2.45, 2.75) is 112 Å². The molecule has 0 aromatic carbocycles. The third kappa shape index (κ3) is 14.2. The van der Waals surface area contributed by atoms with Crippen LogP contribution in [0.15, 0.2) is 0 Å². The zero-order valence-electron chi connectivity index (χ0n) is 14.6. The van der Waals surface area contributed by atoms with Crippen LogP contribution in [0.3, 0.4) is 0 Å². The lowest BCUT2D eigenvalue weighted by molar-refractivity contribution is 0.260. The van der Waals surface area contributed by atoms with Gasteiger partial charge >= 0.3 is 0 Å². The van der Waals surface area contributed by atoms with Gasteiger partial charge in [0, 0.05) is 0 Å². The van der Waals surface area contributed by atoms with Gasteiger partial charge in [-0.2, -0.15) is 0 Å². The second kappa shape index (κ2) is 11.8. The Morgan fingerprint density at radius 1 is 0.632 bits per heavy atom.